The summed E-state index contributed by atoms with van der Waals surface area (Å²) in [5.41, 5.74) is 2.24. The normalized spacial score (nSPS) is 10.4. The minimum Gasteiger partial charge on any atom is -0.325 e. The molecule has 1 N–H and O–H groups in total. The Hall–Kier alpha value is -2.43. The number of carbonyl (C=O) groups is 2. The molecule has 3 aromatic rings. The summed E-state index contributed by atoms with van der Waals surface area (Å²) in [6.45, 7) is 0. The lowest BCUT2D eigenvalue weighted by Crippen LogP contribution is -2.17. The van der Waals surface area contributed by atoms with Crippen molar-refractivity contribution in [2.45, 2.75) is 6.42 Å². The lowest BCUT2D eigenvalue weighted by atomic mass is 10.0. The van der Waals surface area contributed by atoms with Crippen LogP contribution in [0.4, 0.5) is 5.69 Å². The molecule has 0 fully saturated rings. The van der Waals surface area contributed by atoms with E-state index in [1.54, 1.807) is 42.5 Å². The second kappa shape index (κ2) is 8.30. The number of rotatable bonds is 5. The third-order valence-electron chi connectivity index (χ3n) is 3.81. The topological polar surface area (TPSA) is 46.2 Å². The number of amides is 1. The fourth-order valence-electron chi connectivity index (χ4n) is 2.54. The van der Waals surface area contributed by atoms with Gasteiger partial charge in [0.2, 0.25) is 5.91 Å². The van der Waals surface area contributed by atoms with Crippen molar-refractivity contribution >= 4 is 44.9 Å². The molecule has 3 rings (SSSR count). The van der Waals surface area contributed by atoms with Crippen LogP contribution in [0.2, 0.25) is 5.02 Å². The molecule has 0 heterocycles. The van der Waals surface area contributed by atoms with Crippen molar-refractivity contribution in [3.05, 3.63) is 99.0 Å². The summed E-state index contributed by atoms with van der Waals surface area (Å²) in [5.74, 6) is -0.385. The Kier molecular flexibility index (Phi) is 5.86. The summed E-state index contributed by atoms with van der Waals surface area (Å²) in [7, 11) is 0. The largest absolute Gasteiger partial charge is 0.325 e. The number of nitrogens with one attached hydrogen (secondary N) is 1. The molecular weight excluding hydrogens is 414 g/mol. The lowest BCUT2D eigenvalue weighted by molar-refractivity contribution is -0.115. The van der Waals surface area contributed by atoms with E-state index in [-0.39, 0.29) is 18.1 Å². The maximum Gasteiger partial charge on any atom is 0.228 e. The molecule has 26 heavy (non-hydrogen) atoms. The van der Waals surface area contributed by atoms with E-state index in [2.05, 4.69) is 21.2 Å². The van der Waals surface area contributed by atoms with Crippen molar-refractivity contribution in [3.8, 4) is 0 Å². The van der Waals surface area contributed by atoms with Gasteiger partial charge in [-0.05, 0) is 35.9 Å². The van der Waals surface area contributed by atoms with Crippen LogP contribution < -0.4 is 5.32 Å². The summed E-state index contributed by atoms with van der Waals surface area (Å²) < 4.78 is 0.954. The quantitative estimate of drug-likeness (QED) is 0.544. The summed E-state index contributed by atoms with van der Waals surface area (Å²) >= 11 is 9.43. The minimum atomic E-state index is -0.197. The number of carbonyl (C=O) groups excluding carboxylic acids is 2. The predicted octanol–water partition coefficient (Wildman–Crippen LogP) is 5.51. The molecule has 3 nitrogen and oxygen atoms in total. The number of anilines is 1. The van der Waals surface area contributed by atoms with Crippen molar-refractivity contribution in [2.75, 3.05) is 5.32 Å². The fraction of sp³-hybridized carbons (Fsp3) is 0.0476. The van der Waals surface area contributed by atoms with Gasteiger partial charge >= 0.3 is 0 Å². The Morgan fingerprint density at radius 2 is 1.62 bits per heavy atom. The Morgan fingerprint density at radius 1 is 0.923 bits per heavy atom. The molecule has 5 heteroatoms. The minimum absolute atomic E-state index is 0.188. The molecule has 0 unspecified atom stereocenters. The highest BCUT2D eigenvalue weighted by Crippen LogP contribution is 2.24. The first-order valence-corrected chi connectivity index (χ1v) is 9.13. The average Bonchev–Trinajstić information content (AvgIpc) is 2.65. The van der Waals surface area contributed by atoms with Gasteiger partial charge in [-0.15, -0.1) is 0 Å². The van der Waals surface area contributed by atoms with Crippen LogP contribution in [0.25, 0.3) is 0 Å². The van der Waals surface area contributed by atoms with Gasteiger partial charge in [0.1, 0.15) is 0 Å². The average molecular weight is 429 g/mol. The first-order chi connectivity index (χ1) is 12.5. The highest BCUT2D eigenvalue weighted by molar-refractivity contribution is 9.10. The number of ketones is 1. The van der Waals surface area contributed by atoms with E-state index >= 15 is 0 Å². The Bertz CT molecular complexity index is 940. The van der Waals surface area contributed by atoms with Crippen molar-refractivity contribution < 1.29 is 9.59 Å². The maximum atomic E-state index is 12.8. The number of hydrogen-bond acceptors (Lipinski definition) is 2. The molecule has 1 amide bonds. The number of halogens is 2. The van der Waals surface area contributed by atoms with Gasteiger partial charge in [-0.25, -0.2) is 0 Å². The van der Waals surface area contributed by atoms with Gasteiger partial charge in [0.05, 0.1) is 12.1 Å². The molecular formula is C21H15BrClNO2. The zero-order valence-electron chi connectivity index (χ0n) is 13.7. The van der Waals surface area contributed by atoms with Crippen molar-refractivity contribution in [1.82, 2.24) is 0 Å². The maximum absolute atomic E-state index is 12.8. The molecule has 0 aliphatic carbocycles. The number of hydrogen-bond donors (Lipinski definition) is 1. The van der Waals surface area contributed by atoms with Crippen LogP contribution in [-0.2, 0) is 11.2 Å². The molecule has 0 aliphatic heterocycles. The van der Waals surface area contributed by atoms with E-state index in [1.165, 1.54) is 0 Å². The van der Waals surface area contributed by atoms with Crippen LogP contribution in [-0.4, -0.2) is 11.7 Å². The van der Waals surface area contributed by atoms with Gasteiger partial charge in [0, 0.05) is 20.6 Å². The van der Waals surface area contributed by atoms with Crippen LogP contribution in [0.15, 0.2) is 77.3 Å². The van der Waals surface area contributed by atoms with E-state index in [0.29, 0.717) is 21.8 Å². The second-order valence-electron chi connectivity index (χ2n) is 5.74. The van der Waals surface area contributed by atoms with Gasteiger partial charge in [0.15, 0.2) is 5.78 Å². The van der Waals surface area contributed by atoms with Crippen LogP contribution in [0.1, 0.15) is 21.5 Å². The molecule has 0 atom stereocenters. The molecule has 0 bridgehead atoms. The molecule has 0 aromatic heterocycles. The van der Waals surface area contributed by atoms with Crippen molar-refractivity contribution in [3.63, 3.8) is 0 Å². The molecule has 130 valence electrons. The van der Waals surface area contributed by atoms with Crippen LogP contribution in [0.5, 0.6) is 0 Å². The van der Waals surface area contributed by atoms with Gasteiger partial charge in [-0.1, -0.05) is 70.0 Å². The Labute approximate surface area is 165 Å². The summed E-state index contributed by atoms with van der Waals surface area (Å²) in [6, 6.07) is 21.3. The third kappa shape index (κ3) is 4.59. The third-order valence-corrected chi connectivity index (χ3v) is 4.58. The molecule has 0 radical (unpaired) electrons. The monoisotopic (exact) mass is 427 g/mol. The second-order valence-corrected chi connectivity index (χ2v) is 7.09. The molecule has 0 saturated carbocycles. The standard InChI is InChI=1S/C21H15BrClNO2/c22-16-8-6-14(7-9-16)12-20(25)24-19-11-10-17(23)13-18(19)21(26)15-4-2-1-3-5-15/h1-11,13H,12H2,(H,24,25). The van der Waals surface area contributed by atoms with Gasteiger partial charge < -0.3 is 5.32 Å². The van der Waals surface area contributed by atoms with Crippen molar-refractivity contribution in [2.24, 2.45) is 0 Å². The summed E-state index contributed by atoms with van der Waals surface area (Å²) in [4.78, 5) is 25.2. The van der Waals surface area contributed by atoms with E-state index < -0.39 is 0 Å². The molecule has 0 saturated heterocycles. The molecule has 0 aliphatic rings. The smallest absolute Gasteiger partial charge is 0.228 e. The Morgan fingerprint density at radius 3 is 2.31 bits per heavy atom. The van der Waals surface area contributed by atoms with Crippen LogP contribution >= 0.6 is 27.5 Å². The fourth-order valence-corrected chi connectivity index (χ4v) is 2.98. The highest BCUT2D eigenvalue weighted by Gasteiger charge is 2.16. The van der Waals surface area contributed by atoms with E-state index in [4.69, 9.17) is 11.6 Å². The van der Waals surface area contributed by atoms with Crippen molar-refractivity contribution in [1.29, 1.82) is 0 Å². The molecule has 3 aromatic carbocycles. The first kappa shape index (κ1) is 18.4. The highest BCUT2D eigenvalue weighted by atomic mass is 79.9. The first-order valence-electron chi connectivity index (χ1n) is 7.96. The van der Waals surface area contributed by atoms with Gasteiger partial charge in [-0.2, -0.15) is 0 Å². The van der Waals surface area contributed by atoms with Crippen LogP contribution in [0, 0.1) is 0 Å². The lowest BCUT2D eigenvalue weighted by Gasteiger charge is -2.11. The van der Waals surface area contributed by atoms with Gasteiger partial charge in [0.25, 0.3) is 0 Å². The van der Waals surface area contributed by atoms with Gasteiger partial charge in [-0.3, -0.25) is 9.59 Å². The molecule has 0 spiro atoms. The number of benzene rings is 3. The van der Waals surface area contributed by atoms with E-state index in [1.807, 2.05) is 30.3 Å². The van der Waals surface area contributed by atoms with Crippen LogP contribution in [0.3, 0.4) is 0 Å². The summed E-state index contributed by atoms with van der Waals surface area (Å²) in [6.07, 6.45) is 0.217. The zero-order chi connectivity index (χ0) is 18.5. The zero-order valence-corrected chi connectivity index (χ0v) is 16.0. The van der Waals surface area contributed by atoms with E-state index in [0.717, 1.165) is 10.0 Å². The summed E-state index contributed by atoms with van der Waals surface area (Å²) in [5, 5.41) is 3.26. The Balaban J connectivity index is 1.82. The SMILES string of the molecule is O=C(Cc1ccc(Br)cc1)Nc1ccc(Cl)cc1C(=O)c1ccccc1. The predicted molar refractivity (Wildman–Crippen MR) is 108 cm³/mol. The van der Waals surface area contributed by atoms with E-state index in [9.17, 15) is 9.59 Å².